The summed E-state index contributed by atoms with van der Waals surface area (Å²) in [5, 5.41) is 31.7. The van der Waals surface area contributed by atoms with Crippen LogP contribution in [0.5, 0.6) is 11.5 Å². The highest BCUT2D eigenvalue weighted by atomic mass is 16.5. The lowest BCUT2D eigenvalue weighted by atomic mass is 10.0. The van der Waals surface area contributed by atoms with Gasteiger partial charge in [0.2, 0.25) is 0 Å². The molecule has 5 nitrogen and oxygen atoms in total. The smallest absolute Gasteiger partial charge is 0.121 e. The van der Waals surface area contributed by atoms with Crippen molar-refractivity contribution in [1.82, 2.24) is 5.32 Å². The number of aliphatic hydroxyl groups is 2. The zero-order valence-electron chi connectivity index (χ0n) is 9.34. The molecule has 2 atom stereocenters. The van der Waals surface area contributed by atoms with Crippen molar-refractivity contribution in [1.29, 1.82) is 0 Å². The van der Waals surface area contributed by atoms with Gasteiger partial charge < -0.3 is 25.4 Å². The number of phenolic OH excluding ortho intramolecular Hbond substituents is 1. The molecule has 1 aromatic carbocycles. The third-order valence-electron chi connectivity index (χ3n) is 2.33. The predicted octanol–water partition coefficient (Wildman–Crippen LogP) is 0.0145. The van der Waals surface area contributed by atoms with Crippen molar-refractivity contribution in [2.75, 3.05) is 20.7 Å². The lowest BCUT2D eigenvalue weighted by molar-refractivity contribution is 0.0188. The van der Waals surface area contributed by atoms with Crippen molar-refractivity contribution in [3.63, 3.8) is 0 Å². The van der Waals surface area contributed by atoms with Crippen LogP contribution in [-0.2, 0) is 0 Å². The van der Waals surface area contributed by atoms with E-state index in [-0.39, 0.29) is 17.9 Å². The molecule has 5 heteroatoms. The van der Waals surface area contributed by atoms with Gasteiger partial charge in [-0.3, -0.25) is 0 Å². The lowest BCUT2D eigenvalue weighted by Gasteiger charge is -2.19. The summed E-state index contributed by atoms with van der Waals surface area (Å²) in [6.45, 7) is 0.234. The van der Waals surface area contributed by atoms with Gasteiger partial charge >= 0.3 is 0 Å². The number of methoxy groups -OCH3 is 1. The van der Waals surface area contributed by atoms with Gasteiger partial charge in [0.15, 0.2) is 0 Å². The van der Waals surface area contributed by atoms with Gasteiger partial charge in [0.1, 0.15) is 17.6 Å². The summed E-state index contributed by atoms with van der Waals surface area (Å²) in [6, 6.07) is 4.50. The van der Waals surface area contributed by atoms with Gasteiger partial charge in [-0.2, -0.15) is 0 Å². The van der Waals surface area contributed by atoms with E-state index in [1.54, 1.807) is 13.1 Å². The molecule has 0 aliphatic rings. The summed E-state index contributed by atoms with van der Waals surface area (Å²) in [5.74, 6) is 0.451. The maximum atomic E-state index is 9.82. The van der Waals surface area contributed by atoms with E-state index in [9.17, 15) is 15.3 Å². The molecule has 0 aliphatic carbocycles. The van der Waals surface area contributed by atoms with Crippen molar-refractivity contribution in [2.45, 2.75) is 12.2 Å². The van der Waals surface area contributed by atoms with Crippen molar-refractivity contribution in [3.05, 3.63) is 23.8 Å². The SMILES string of the molecule is CNCC(O)C(O)c1cc(OC)ccc1O. The van der Waals surface area contributed by atoms with Crippen LogP contribution in [0.15, 0.2) is 18.2 Å². The number of aromatic hydroxyl groups is 1. The van der Waals surface area contributed by atoms with Crippen LogP contribution >= 0.6 is 0 Å². The predicted molar refractivity (Wildman–Crippen MR) is 59.6 cm³/mol. The molecule has 1 rings (SSSR count). The third-order valence-corrected chi connectivity index (χ3v) is 2.33. The Balaban J connectivity index is 2.92. The first-order valence-corrected chi connectivity index (χ1v) is 4.97. The molecule has 0 fully saturated rings. The van der Waals surface area contributed by atoms with Gasteiger partial charge in [0, 0.05) is 12.1 Å². The van der Waals surface area contributed by atoms with E-state index in [2.05, 4.69) is 5.32 Å². The van der Waals surface area contributed by atoms with Crippen LogP contribution in [0.2, 0.25) is 0 Å². The van der Waals surface area contributed by atoms with E-state index in [4.69, 9.17) is 4.74 Å². The maximum Gasteiger partial charge on any atom is 0.121 e. The molecule has 2 unspecified atom stereocenters. The molecule has 90 valence electrons. The fourth-order valence-corrected chi connectivity index (χ4v) is 1.42. The Kier molecular flexibility index (Phi) is 4.54. The highest BCUT2D eigenvalue weighted by molar-refractivity contribution is 5.41. The fraction of sp³-hybridized carbons (Fsp3) is 0.455. The normalized spacial score (nSPS) is 14.5. The number of likely N-dealkylation sites (N-methyl/N-ethyl adjacent to an activating group) is 1. The van der Waals surface area contributed by atoms with Gasteiger partial charge in [-0.15, -0.1) is 0 Å². The molecule has 0 amide bonds. The van der Waals surface area contributed by atoms with Crippen molar-refractivity contribution >= 4 is 0 Å². The quantitative estimate of drug-likeness (QED) is 0.570. The highest BCUT2D eigenvalue weighted by Gasteiger charge is 2.21. The Labute approximate surface area is 94.3 Å². The molecule has 4 N–H and O–H groups in total. The molecule has 16 heavy (non-hydrogen) atoms. The number of hydrogen-bond donors (Lipinski definition) is 4. The van der Waals surface area contributed by atoms with Gasteiger partial charge in [0.05, 0.1) is 13.2 Å². The van der Waals surface area contributed by atoms with Crippen LogP contribution in [0.4, 0.5) is 0 Å². The van der Waals surface area contributed by atoms with E-state index in [0.29, 0.717) is 5.75 Å². The molecule has 0 aliphatic heterocycles. The first-order valence-electron chi connectivity index (χ1n) is 4.97. The molecule has 0 saturated heterocycles. The minimum atomic E-state index is -1.15. The number of benzene rings is 1. The second-order valence-corrected chi connectivity index (χ2v) is 3.49. The summed E-state index contributed by atoms with van der Waals surface area (Å²) in [7, 11) is 3.16. The fourth-order valence-electron chi connectivity index (χ4n) is 1.42. The van der Waals surface area contributed by atoms with Crippen LogP contribution in [0.3, 0.4) is 0 Å². The highest BCUT2D eigenvalue weighted by Crippen LogP contribution is 2.29. The van der Waals surface area contributed by atoms with E-state index in [0.717, 1.165) is 0 Å². The van der Waals surface area contributed by atoms with Crippen LogP contribution in [0, 0.1) is 0 Å². The van der Waals surface area contributed by atoms with Gasteiger partial charge in [-0.05, 0) is 25.2 Å². The molecule has 0 spiro atoms. The van der Waals surface area contributed by atoms with Crippen LogP contribution in [-0.4, -0.2) is 42.1 Å². The first kappa shape index (κ1) is 12.8. The van der Waals surface area contributed by atoms with Gasteiger partial charge in [0.25, 0.3) is 0 Å². The third kappa shape index (κ3) is 2.85. The number of aliphatic hydroxyl groups excluding tert-OH is 2. The first-order chi connectivity index (χ1) is 7.60. The molecule has 1 aromatic rings. The average molecular weight is 227 g/mol. The van der Waals surface area contributed by atoms with Crippen LogP contribution < -0.4 is 10.1 Å². The Bertz CT molecular complexity index is 343. The molecule has 0 saturated carbocycles. The van der Waals surface area contributed by atoms with Gasteiger partial charge in [-0.25, -0.2) is 0 Å². The van der Waals surface area contributed by atoms with Crippen LogP contribution in [0.1, 0.15) is 11.7 Å². The van der Waals surface area contributed by atoms with Crippen molar-refractivity contribution < 1.29 is 20.1 Å². The summed E-state index contributed by atoms with van der Waals surface area (Å²) < 4.78 is 4.98. The summed E-state index contributed by atoms with van der Waals surface area (Å²) in [6.07, 6.45) is -2.13. The minimum Gasteiger partial charge on any atom is -0.508 e. The molecule has 0 bridgehead atoms. The zero-order valence-corrected chi connectivity index (χ0v) is 9.34. The largest absolute Gasteiger partial charge is 0.508 e. The molecule has 0 aromatic heterocycles. The monoisotopic (exact) mass is 227 g/mol. The average Bonchev–Trinajstić information content (AvgIpc) is 2.29. The Morgan fingerprint density at radius 2 is 2.06 bits per heavy atom. The number of ether oxygens (including phenoxy) is 1. The zero-order chi connectivity index (χ0) is 12.1. The second kappa shape index (κ2) is 5.69. The number of hydrogen-bond acceptors (Lipinski definition) is 5. The van der Waals surface area contributed by atoms with Crippen molar-refractivity contribution in [3.8, 4) is 11.5 Å². The second-order valence-electron chi connectivity index (χ2n) is 3.49. The van der Waals surface area contributed by atoms with Gasteiger partial charge in [-0.1, -0.05) is 0 Å². The Morgan fingerprint density at radius 3 is 2.62 bits per heavy atom. The maximum absolute atomic E-state index is 9.82. The minimum absolute atomic E-state index is 0.0662. The standard InChI is InChI=1S/C11H17NO4/c1-12-6-10(14)11(15)8-5-7(16-2)3-4-9(8)13/h3-5,10-15H,6H2,1-2H3. The molecular weight excluding hydrogens is 210 g/mol. The summed E-state index contributed by atoms with van der Waals surface area (Å²) in [4.78, 5) is 0. The van der Waals surface area contributed by atoms with E-state index >= 15 is 0 Å². The number of nitrogens with one attached hydrogen (secondary N) is 1. The lowest BCUT2D eigenvalue weighted by Crippen LogP contribution is -2.29. The number of rotatable bonds is 5. The Morgan fingerprint density at radius 1 is 1.38 bits per heavy atom. The molecule has 0 heterocycles. The topological polar surface area (TPSA) is 82.0 Å². The molecular formula is C11H17NO4. The molecule has 0 radical (unpaired) electrons. The summed E-state index contributed by atoms with van der Waals surface area (Å²) in [5.41, 5.74) is 0.252. The van der Waals surface area contributed by atoms with E-state index in [1.165, 1.54) is 19.2 Å². The number of phenols is 1. The van der Waals surface area contributed by atoms with Crippen molar-refractivity contribution in [2.24, 2.45) is 0 Å². The van der Waals surface area contributed by atoms with E-state index in [1.807, 2.05) is 0 Å². The van der Waals surface area contributed by atoms with Crippen LogP contribution in [0.25, 0.3) is 0 Å². The van der Waals surface area contributed by atoms with E-state index < -0.39 is 12.2 Å². The Hall–Kier alpha value is -1.30. The summed E-state index contributed by atoms with van der Waals surface area (Å²) >= 11 is 0.